The van der Waals surface area contributed by atoms with Crippen molar-refractivity contribution in [1.82, 2.24) is 10.2 Å². The van der Waals surface area contributed by atoms with Gasteiger partial charge in [-0.3, -0.25) is 0 Å². The minimum absolute atomic E-state index is 0.0158. The second-order valence-electron chi connectivity index (χ2n) is 4.14. The highest BCUT2D eigenvalue weighted by molar-refractivity contribution is 5.82. The predicted molar refractivity (Wildman–Crippen MR) is 68.4 cm³/mol. The molecule has 0 saturated carbocycles. The number of urea groups is 1. The largest absolute Gasteiger partial charge is 0.480 e. The van der Waals surface area contributed by atoms with Crippen LogP contribution in [0.5, 0.6) is 0 Å². The van der Waals surface area contributed by atoms with Crippen LogP contribution < -0.4 is 5.32 Å². The molecule has 3 N–H and O–H groups in total. The molecule has 2 amide bonds. The maximum atomic E-state index is 11.8. The number of hydrogen-bond donors (Lipinski definition) is 3. The van der Waals surface area contributed by atoms with E-state index in [1.807, 2.05) is 13.8 Å². The van der Waals surface area contributed by atoms with E-state index in [-0.39, 0.29) is 12.6 Å². The van der Waals surface area contributed by atoms with Crippen LogP contribution in [0.25, 0.3) is 0 Å². The highest BCUT2D eigenvalue weighted by Crippen LogP contribution is 2.02. The lowest BCUT2D eigenvalue weighted by Crippen LogP contribution is -2.48. The number of nitrogens with one attached hydrogen (secondary N) is 1. The number of amides is 2. The van der Waals surface area contributed by atoms with Crippen LogP contribution in [-0.2, 0) is 4.79 Å². The number of aliphatic hydroxyl groups is 1. The lowest BCUT2D eigenvalue weighted by Gasteiger charge is -2.23. The first-order valence-corrected chi connectivity index (χ1v) is 6.45. The molecule has 0 spiro atoms. The van der Waals surface area contributed by atoms with Crippen molar-refractivity contribution in [2.75, 3.05) is 19.7 Å². The number of nitrogens with zero attached hydrogens (tertiary/aromatic N) is 1. The van der Waals surface area contributed by atoms with E-state index in [9.17, 15) is 9.59 Å². The van der Waals surface area contributed by atoms with E-state index in [0.29, 0.717) is 25.9 Å². The summed E-state index contributed by atoms with van der Waals surface area (Å²) in [4.78, 5) is 24.3. The molecular formula is C12H24N2O4. The Hall–Kier alpha value is -1.30. The zero-order valence-corrected chi connectivity index (χ0v) is 11.2. The number of aliphatic hydroxyl groups excluding tert-OH is 1. The molecular weight excluding hydrogens is 236 g/mol. The quantitative estimate of drug-likeness (QED) is 0.578. The van der Waals surface area contributed by atoms with Crippen LogP contribution in [0.3, 0.4) is 0 Å². The topological polar surface area (TPSA) is 89.9 Å². The van der Waals surface area contributed by atoms with Crippen LogP contribution in [0.2, 0.25) is 0 Å². The van der Waals surface area contributed by atoms with Gasteiger partial charge in [-0.05, 0) is 19.8 Å². The number of carboxylic acid groups (broad SMARTS) is 1. The Labute approximate surface area is 108 Å². The Kier molecular flexibility index (Phi) is 9.00. The summed E-state index contributed by atoms with van der Waals surface area (Å²) in [5, 5.41) is 20.2. The zero-order chi connectivity index (χ0) is 14.0. The summed E-state index contributed by atoms with van der Waals surface area (Å²) in [6, 6.07) is -1.21. The van der Waals surface area contributed by atoms with Gasteiger partial charge in [-0.25, -0.2) is 9.59 Å². The molecule has 0 aromatic carbocycles. The molecule has 0 unspecified atom stereocenters. The van der Waals surface area contributed by atoms with E-state index in [4.69, 9.17) is 10.2 Å². The first kappa shape index (κ1) is 16.7. The Balaban J connectivity index is 4.32. The standard InChI is InChI=1S/C12H24N2O4/c1-3-5-7-10(11(16)17)13-12(18)14(4-2)8-6-9-15/h10,15H,3-9H2,1-2H3,(H,13,18)(H,16,17)/t10-/m0/s1. The van der Waals surface area contributed by atoms with Crippen molar-refractivity contribution in [1.29, 1.82) is 0 Å². The summed E-state index contributed by atoms with van der Waals surface area (Å²) < 4.78 is 0. The normalized spacial score (nSPS) is 11.9. The number of carboxylic acids is 1. The molecule has 0 fully saturated rings. The van der Waals surface area contributed by atoms with E-state index < -0.39 is 12.0 Å². The summed E-state index contributed by atoms with van der Waals surface area (Å²) in [5.41, 5.74) is 0. The van der Waals surface area contributed by atoms with E-state index in [1.54, 1.807) is 0 Å². The molecule has 0 rings (SSSR count). The van der Waals surface area contributed by atoms with Crippen molar-refractivity contribution in [3.05, 3.63) is 0 Å². The average molecular weight is 260 g/mol. The molecule has 0 heterocycles. The molecule has 0 aromatic heterocycles. The summed E-state index contributed by atoms with van der Waals surface area (Å²) >= 11 is 0. The molecule has 0 aliphatic carbocycles. The van der Waals surface area contributed by atoms with Crippen LogP contribution in [0, 0.1) is 0 Å². The average Bonchev–Trinajstić information content (AvgIpc) is 2.34. The number of carbonyl (C=O) groups excluding carboxylic acids is 1. The van der Waals surface area contributed by atoms with Gasteiger partial charge >= 0.3 is 12.0 Å². The van der Waals surface area contributed by atoms with Crippen molar-refractivity contribution in [2.45, 2.75) is 45.6 Å². The molecule has 0 aromatic rings. The maximum Gasteiger partial charge on any atom is 0.326 e. The van der Waals surface area contributed by atoms with E-state index in [0.717, 1.165) is 12.8 Å². The van der Waals surface area contributed by atoms with E-state index in [2.05, 4.69) is 5.32 Å². The van der Waals surface area contributed by atoms with Crippen LogP contribution in [0.15, 0.2) is 0 Å². The highest BCUT2D eigenvalue weighted by atomic mass is 16.4. The molecule has 0 aliphatic heterocycles. The third-order valence-corrected chi connectivity index (χ3v) is 2.70. The Morgan fingerprint density at radius 3 is 2.39 bits per heavy atom. The lowest BCUT2D eigenvalue weighted by atomic mass is 10.1. The van der Waals surface area contributed by atoms with Gasteiger partial charge in [-0.1, -0.05) is 19.8 Å². The van der Waals surface area contributed by atoms with Crippen LogP contribution in [-0.4, -0.2) is 52.9 Å². The summed E-state index contributed by atoms with van der Waals surface area (Å²) in [6.07, 6.45) is 2.59. The number of aliphatic carboxylic acids is 1. The van der Waals surface area contributed by atoms with Crippen molar-refractivity contribution >= 4 is 12.0 Å². The molecule has 1 atom stereocenters. The smallest absolute Gasteiger partial charge is 0.326 e. The van der Waals surface area contributed by atoms with Gasteiger partial charge in [0.05, 0.1) is 0 Å². The second kappa shape index (κ2) is 9.70. The van der Waals surface area contributed by atoms with Crippen molar-refractivity contribution < 1.29 is 19.8 Å². The number of hydrogen-bond acceptors (Lipinski definition) is 3. The van der Waals surface area contributed by atoms with Crippen LogP contribution in [0.1, 0.15) is 39.5 Å². The second-order valence-corrected chi connectivity index (χ2v) is 4.14. The van der Waals surface area contributed by atoms with Gasteiger partial charge in [0.2, 0.25) is 0 Å². The number of unbranched alkanes of at least 4 members (excludes halogenated alkanes) is 1. The highest BCUT2D eigenvalue weighted by Gasteiger charge is 2.21. The SMILES string of the molecule is CCCC[C@H](NC(=O)N(CC)CCCO)C(=O)O. The minimum Gasteiger partial charge on any atom is -0.480 e. The van der Waals surface area contributed by atoms with Crippen LogP contribution >= 0.6 is 0 Å². The summed E-state index contributed by atoms with van der Waals surface area (Å²) in [5.74, 6) is -1.00. The third-order valence-electron chi connectivity index (χ3n) is 2.70. The Morgan fingerprint density at radius 2 is 1.94 bits per heavy atom. The summed E-state index contributed by atoms with van der Waals surface area (Å²) in [7, 11) is 0. The Bertz CT molecular complexity index is 258. The first-order valence-electron chi connectivity index (χ1n) is 6.45. The van der Waals surface area contributed by atoms with Gasteiger partial charge < -0.3 is 20.4 Å². The van der Waals surface area contributed by atoms with Gasteiger partial charge in [0.25, 0.3) is 0 Å². The predicted octanol–water partition coefficient (Wildman–Crippen LogP) is 1.04. The minimum atomic E-state index is -1.00. The monoisotopic (exact) mass is 260 g/mol. The van der Waals surface area contributed by atoms with Gasteiger partial charge in [0, 0.05) is 19.7 Å². The third kappa shape index (κ3) is 6.44. The van der Waals surface area contributed by atoms with Gasteiger partial charge in [0.15, 0.2) is 0 Å². The Morgan fingerprint density at radius 1 is 1.28 bits per heavy atom. The fourth-order valence-electron chi connectivity index (χ4n) is 1.57. The van der Waals surface area contributed by atoms with Crippen molar-refractivity contribution in [3.63, 3.8) is 0 Å². The molecule has 0 saturated heterocycles. The van der Waals surface area contributed by atoms with Crippen molar-refractivity contribution in [2.24, 2.45) is 0 Å². The fourth-order valence-corrected chi connectivity index (χ4v) is 1.57. The number of carbonyl (C=O) groups is 2. The molecule has 0 radical (unpaired) electrons. The molecule has 18 heavy (non-hydrogen) atoms. The maximum absolute atomic E-state index is 11.8. The number of rotatable bonds is 9. The molecule has 6 nitrogen and oxygen atoms in total. The zero-order valence-electron chi connectivity index (χ0n) is 11.2. The van der Waals surface area contributed by atoms with Crippen LogP contribution in [0.4, 0.5) is 4.79 Å². The molecule has 6 heteroatoms. The first-order chi connectivity index (χ1) is 8.56. The van der Waals surface area contributed by atoms with E-state index in [1.165, 1.54) is 4.90 Å². The summed E-state index contributed by atoms with van der Waals surface area (Å²) in [6.45, 7) is 4.73. The van der Waals surface area contributed by atoms with E-state index >= 15 is 0 Å². The lowest BCUT2D eigenvalue weighted by molar-refractivity contribution is -0.139. The van der Waals surface area contributed by atoms with Gasteiger partial charge in [0.1, 0.15) is 6.04 Å². The van der Waals surface area contributed by atoms with Gasteiger partial charge in [-0.15, -0.1) is 0 Å². The fraction of sp³-hybridized carbons (Fsp3) is 0.833. The molecule has 106 valence electrons. The molecule has 0 aliphatic rings. The molecule has 0 bridgehead atoms. The van der Waals surface area contributed by atoms with Crippen molar-refractivity contribution in [3.8, 4) is 0 Å². The van der Waals surface area contributed by atoms with Gasteiger partial charge in [-0.2, -0.15) is 0 Å².